The summed E-state index contributed by atoms with van der Waals surface area (Å²) in [7, 11) is 0. The number of Topliss-reactive ketones (excluding diaryl/α,β-unsaturated/α-hetero) is 1. The van der Waals surface area contributed by atoms with Crippen molar-refractivity contribution in [2.24, 2.45) is 0 Å². The smallest absolute Gasteiger partial charge is 0.221 e. The third-order valence-electron chi connectivity index (χ3n) is 3.37. The first-order valence-corrected chi connectivity index (χ1v) is 10.4. The van der Waals surface area contributed by atoms with Crippen molar-refractivity contribution in [3.05, 3.63) is 43.2 Å². The fourth-order valence-electron chi connectivity index (χ4n) is 2.09. The van der Waals surface area contributed by atoms with Gasteiger partial charge in [-0.2, -0.15) is 0 Å². The Kier molecular flexibility index (Phi) is 8.30. The minimum Gasteiger partial charge on any atom is -0.356 e. The molecule has 0 aliphatic heterocycles. The van der Waals surface area contributed by atoms with E-state index in [2.05, 4.69) is 26.6 Å². The summed E-state index contributed by atoms with van der Waals surface area (Å²) in [6.07, 6.45) is 1.36. The van der Waals surface area contributed by atoms with Crippen LogP contribution in [0.1, 0.15) is 33.8 Å². The molecule has 0 aromatic carbocycles. The Labute approximate surface area is 163 Å². The Morgan fingerprint density at radius 3 is 2.40 bits per heavy atom. The quantitative estimate of drug-likeness (QED) is 0.553. The summed E-state index contributed by atoms with van der Waals surface area (Å²) >= 11 is 6.43. The summed E-state index contributed by atoms with van der Waals surface area (Å²) in [6.45, 7) is 0.859. The number of amides is 2. The lowest BCUT2D eigenvalue weighted by molar-refractivity contribution is -0.122. The molecule has 0 saturated carbocycles. The summed E-state index contributed by atoms with van der Waals surface area (Å²) in [6, 6.07) is 7.58. The zero-order valence-corrected chi connectivity index (χ0v) is 16.8. The Morgan fingerprint density at radius 1 is 0.960 bits per heavy atom. The van der Waals surface area contributed by atoms with Gasteiger partial charge in [0.25, 0.3) is 0 Å². The van der Waals surface area contributed by atoms with Crippen LogP contribution in [-0.4, -0.2) is 30.7 Å². The number of hydrogen-bond donors (Lipinski definition) is 2. The van der Waals surface area contributed by atoms with E-state index in [9.17, 15) is 14.4 Å². The predicted octanol–water partition coefficient (Wildman–Crippen LogP) is 3.40. The van der Waals surface area contributed by atoms with Crippen LogP contribution in [0.2, 0.25) is 0 Å². The molecule has 0 atom stereocenters. The highest BCUT2D eigenvalue weighted by Gasteiger charge is 2.10. The van der Waals surface area contributed by atoms with Gasteiger partial charge in [-0.05, 0) is 45.9 Å². The van der Waals surface area contributed by atoms with Gasteiger partial charge in [-0.15, -0.1) is 22.7 Å². The molecule has 134 valence electrons. The minimum absolute atomic E-state index is 0.0249. The van der Waals surface area contributed by atoms with Gasteiger partial charge in [-0.1, -0.05) is 6.07 Å². The first kappa shape index (κ1) is 19.8. The Balaban J connectivity index is 1.53. The highest BCUT2D eigenvalue weighted by atomic mass is 79.9. The topological polar surface area (TPSA) is 75.3 Å². The van der Waals surface area contributed by atoms with Gasteiger partial charge in [-0.25, -0.2) is 0 Å². The number of carbonyl (C=O) groups excluding carboxylic acids is 3. The molecular formula is C17H19BrN2O3S2. The van der Waals surface area contributed by atoms with Crippen LogP contribution >= 0.6 is 38.6 Å². The molecule has 0 bridgehead atoms. The van der Waals surface area contributed by atoms with Crippen LogP contribution < -0.4 is 10.6 Å². The van der Waals surface area contributed by atoms with Crippen molar-refractivity contribution in [3.63, 3.8) is 0 Å². The second-order valence-corrected chi connectivity index (χ2v) is 8.80. The van der Waals surface area contributed by atoms with Gasteiger partial charge in [0.15, 0.2) is 5.78 Å². The van der Waals surface area contributed by atoms with Crippen molar-refractivity contribution in [1.29, 1.82) is 0 Å². The summed E-state index contributed by atoms with van der Waals surface area (Å²) in [4.78, 5) is 37.1. The summed E-state index contributed by atoms with van der Waals surface area (Å²) in [5.74, 6) is -0.324. The fourth-order valence-corrected chi connectivity index (χ4v) is 4.27. The van der Waals surface area contributed by atoms with Crippen molar-refractivity contribution in [3.8, 4) is 0 Å². The first-order valence-electron chi connectivity index (χ1n) is 7.89. The summed E-state index contributed by atoms with van der Waals surface area (Å²) < 4.78 is 1.08. The lowest BCUT2D eigenvalue weighted by Gasteiger charge is -2.06. The highest BCUT2D eigenvalue weighted by Crippen LogP contribution is 2.22. The largest absolute Gasteiger partial charge is 0.356 e. The zero-order chi connectivity index (χ0) is 18.1. The van der Waals surface area contributed by atoms with Crippen molar-refractivity contribution in [1.82, 2.24) is 10.6 Å². The standard InChI is InChI=1S/C17H19BrN2O3S2/c18-15-5-3-12(25-15)7-9-19-17(23)8-10-20-16(22)6-4-13(21)14-2-1-11-24-14/h1-3,5,11H,4,6-10H2,(H,19,23)(H,20,22). The molecule has 0 unspecified atom stereocenters. The number of rotatable bonds is 10. The van der Waals surface area contributed by atoms with E-state index >= 15 is 0 Å². The molecule has 2 amide bonds. The molecule has 0 saturated heterocycles. The average molecular weight is 443 g/mol. The SMILES string of the molecule is O=C(CCNC(=O)CCC(=O)c1cccs1)NCCc1ccc(Br)s1. The van der Waals surface area contributed by atoms with Gasteiger partial charge in [0.05, 0.1) is 8.66 Å². The molecule has 2 N–H and O–H groups in total. The molecule has 0 spiro atoms. The molecule has 0 aliphatic carbocycles. The van der Waals surface area contributed by atoms with Crippen LogP contribution in [0.15, 0.2) is 33.4 Å². The Hall–Kier alpha value is -1.51. The number of nitrogens with one attached hydrogen (secondary N) is 2. The van der Waals surface area contributed by atoms with E-state index in [1.807, 2.05) is 23.6 Å². The number of carbonyl (C=O) groups is 3. The fraction of sp³-hybridized carbons (Fsp3) is 0.353. The maximum absolute atomic E-state index is 11.8. The first-order chi connectivity index (χ1) is 12.0. The molecule has 2 heterocycles. The van der Waals surface area contributed by atoms with Crippen LogP contribution in [0.25, 0.3) is 0 Å². The van der Waals surface area contributed by atoms with Crippen LogP contribution in [0.3, 0.4) is 0 Å². The number of hydrogen-bond acceptors (Lipinski definition) is 5. The minimum atomic E-state index is -0.207. The molecule has 5 nitrogen and oxygen atoms in total. The van der Waals surface area contributed by atoms with E-state index in [1.165, 1.54) is 16.2 Å². The third kappa shape index (κ3) is 7.50. The van der Waals surface area contributed by atoms with Crippen LogP contribution in [0.4, 0.5) is 0 Å². The predicted molar refractivity (Wildman–Crippen MR) is 104 cm³/mol. The summed E-state index contributed by atoms with van der Waals surface area (Å²) in [5.41, 5.74) is 0. The second kappa shape index (κ2) is 10.5. The Morgan fingerprint density at radius 2 is 1.72 bits per heavy atom. The average Bonchev–Trinajstić information content (AvgIpc) is 3.24. The third-order valence-corrected chi connectivity index (χ3v) is 5.97. The number of thiophene rings is 2. The second-order valence-electron chi connectivity index (χ2n) is 5.31. The Bertz CT molecular complexity index is 713. The van der Waals surface area contributed by atoms with Gasteiger partial charge < -0.3 is 10.6 Å². The van der Waals surface area contributed by atoms with Crippen LogP contribution in [0.5, 0.6) is 0 Å². The van der Waals surface area contributed by atoms with E-state index < -0.39 is 0 Å². The molecule has 2 aromatic rings. The van der Waals surface area contributed by atoms with E-state index in [0.29, 0.717) is 11.4 Å². The van der Waals surface area contributed by atoms with Crippen molar-refractivity contribution >= 4 is 56.2 Å². The molecule has 2 rings (SSSR count). The lowest BCUT2D eigenvalue weighted by atomic mass is 10.2. The van der Waals surface area contributed by atoms with Crippen LogP contribution in [-0.2, 0) is 16.0 Å². The molecule has 2 aromatic heterocycles. The van der Waals surface area contributed by atoms with Crippen molar-refractivity contribution in [2.45, 2.75) is 25.7 Å². The van der Waals surface area contributed by atoms with E-state index in [1.54, 1.807) is 17.4 Å². The van der Waals surface area contributed by atoms with E-state index in [0.717, 1.165) is 10.2 Å². The van der Waals surface area contributed by atoms with E-state index in [-0.39, 0.29) is 43.4 Å². The van der Waals surface area contributed by atoms with Gasteiger partial charge in [0.1, 0.15) is 0 Å². The summed E-state index contributed by atoms with van der Waals surface area (Å²) in [5, 5.41) is 7.34. The van der Waals surface area contributed by atoms with Gasteiger partial charge in [0.2, 0.25) is 11.8 Å². The van der Waals surface area contributed by atoms with Crippen LogP contribution in [0, 0.1) is 0 Å². The molecule has 0 fully saturated rings. The van der Waals surface area contributed by atoms with Gasteiger partial charge in [0, 0.05) is 37.2 Å². The lowest BCUT2D eigenvalue weighted by Crippen LogP contribution is -2.31. The maximum atomic E-state index is 11.8. The van der Waals surface area contributed by atoms with E-state index in [4.69, 9.17) is 0 Å². The van der Waals surface area contributed by atoms with Crippen molar-refractivity contribution in [2.75, 3.05) is 13.1 Å². The van der Waals surface area contributed by atoms with Crippen molar-refractivity contribution < 1.29 is 14.4 Å². The normalized spacial score (nSPS) is 10.4. The van der Waals surface area contributed by atoms with Gasteiger partial charge in [-0.3, -0.25) is 14.4 Å². The maximum Gasteiger partial charge on any atom is 0.221 e. The molecular weight excluding hydrogens is 424 g/mol. The number of halogens is 1. The molecule has 8 heteroatoms. The molecule has 0 radical (unpaired) electrons. The monoisotopic (exact) mass is 442 g/mol. The molecule has 25 heavy (non-hydrogen) atoms. The number of ketones is 1. The van der Waals surface area contributed by atoms with Gasteiger partial charge >= 0.3 is 0 Å². The highest BCUT2D eigenvalue weighted by molar-refractivity contribution is 9.11. The zero-order valence-electron chi connectivity index (χ0n) is 13.5. The molecule has 0 aliphatic rings.